The highest BCUT2D eigenvalue weighted by Gasteiger charge is 2.27. The van der Waals surface area contributed by atoms with Gasteiger partial charge in [0, 0.05) is 12.0 Å². The summed E-state index contributed by atoms with van der Waals surface area (Å²) in [5, 5.41) is 0. The van der Waals surface area contributed by atoms with Crippen molar-refractivity contribution in [2.75, 3.05) is 20.7 Å². The van der Waals surface area contributed by atoms with Gasteiger partial charge in [0.05, 0.1) is 13.5 Å². The molecule has 0 atom stereocenters. The van der Waals surface area contributed by atoms with Crippen LogP contribution in [0.3, 0.4) is 0 Å². The lowest BCUT2D eigenvalue weighted by atomic mass is 9.92. The standard InChI is InChI=1S/C39H38NO4.HI/c1-40-21-20-33-24-38(43-27-30-14-8-4-9-15-30)39(44-28-31-16-10-5-11-17-31)25-34(33)35(40)22-32-18-19-36(41-2)37(23-32)42-26-29-12-6-3-7-13-29;/h3-19,23-25H,20-22,26-28H2,1-2H3;1H/q+1;/p-1. The molecule has 0 saturated heterocycles. The molecule has 0 fully saturated rings. The molecule has 0 N–H and O–H groups in total. The Morgan fingerprint density at radius 1 is 0.556 bits per heavy atom. The van der Waals surface area contributed by atoms with Gasteiger partial charge in [-0.05, 0) is 52.1 Å². The fourth-order valence-electron chi connectivity index (χ4n) is 5.51. The summed E-state index contributed by atoms with van der Waals surface area (Å²) >= 11 is 0. The van der Waals surface area contributed by atoms with Crippen molar-refractivity contribution in [3.63, 3.8) is 0 Å². The summed E-state index contributed by atoms with van der Waals surface area (Å²) in [5.74, 6) is 2.99. The van der Waals surface area contributed by atoms with Crippen LogP contribution in [0.4, 0.5) is 0 Å². The van der Waals surface area contributed by atoms with Gasteiger partial charge < -0.3 is 42.9 Å². The monoisotopic (exact) mass is 711 g/mol. The molecular weight excluding hydrogens is 673 g/mol. The minimum atomic E-state index is 0. The molecule has 1 aliphatic heterocycles. The number of fused-ring (bicyclic) bond motifs is 1. The summed E-state index contributed by atoms with van der Waals surface area (Å²) in [6.45, 7) is 2.36. The molecule has 5 nitrogen and oxygen atoms in total. The number of ether oxygens (including phenoxy) is 4. The molecule has 0 amide bonds. The molecule has 0 aromatic heterocycles. The third kappa shape index (κ3) is 8.25. The molecule has 1 heterocycles. The Morgan fingerprint density at radius 3 is 1.56 bits per heavy atom. The van der Waals surface area contributed by atoms with Crippen LogP contribution in [0.5, 0.6) is 23.0 Å². The van der Waals surface area contributed by atoms with Gasteiger partial charge in [0.25, 0.3) is 0 Å². The fourth-order valence-corrected chi connectivity index (χ4v) is 5.51. The van der Waals surface area contributed by atoms with Gasteiger partial charge in [-0.15, -0.1) is 0 Å². The van der Waals surface area contributed by atoms with Crippen molar-refractivity contribution in [1.82, 2.24) is 0 Å². The van der Waals surface area contributed by atoms with E-state index in [1.807, 2.05) is 60.7 Å². The number of halogens is 1. The summed E-state index contributed by atoms with van der Waals surface area (Å²) in [6.07, 6.45) is 1.68. The molecule has 230 valence electrons. The quantitative estimate of drug-likeness (QED) is 0.140. The van der Waals surface area contributed by atoms with E-state index in [1.54, 1.807) is 7.11 Å². The van der Waals surface area contributed by atoms with Gasteiger partial charge in [0.15, 0.2) is 28.7 Å². The van der Waals surface area contributed by atoms with Crippen LogP contribution in [-0.2, 0) is 32.7 Å². The average Bonchev–Trinajstić information content (AvgIpc) is 3.08. The van der Waals surface area contributed by atoms with E-state index in [-0.39, 0.29) is 24.0 Å². The maximum absolute atomic E-state index is 6.44. The molecule has 0 radical (unpaired) electrons. The van der Waals surface area contributed by atoms with Crippen LogP contribution in [0.2, 0.25) is 0 Å². The number of likely N-dealkylation sites (N-methyl/N-ethyl adjacent to an activating group) is 1. The second-order valence-corrected chi connectivity index (χ2v) is 11.1. The zero-order valence-corrected chi connectivity index (χ0v) is 27.9. The first kappa shape index (κ1) is 32.1. The minimum Gasteiger partial charge on any atom is -1.00 e. The Labute approximate surface area is 283 Å². The van der Waals surface area contributed by atoms with Crippen molar-refractivity contribution in [3.8, 4) is 23.0 Å². The second-order valence-electron chi connectivity index (χ2n) is 11.1. The summed E-state index contributed by atoms with van der Waals surface area (Å²) in [6, 6.07) is 41.2. The first-order valence-electron chi connectivity index (χ1n) is 15.1. The zero-order valence-electron chi connectivity index (χ0n) is 25.7. The van der Waals surface area contributed by atoms with Crippen molar-refractivity contribution in [1.29, 1.82) is 0 Å². The average molecular weight is 712 g/mol. The van der Waals surface area contributed by atoms with Crippen molar-refractivity contribution in [3.05, 3.63) is 155 Å². The molecule has 45 heavy (non-hydrogen) atoms. The summed E-state index contributed by atoms with van der Waals surface area (Å²) in [4.78, 5) is 0. The largest absolute Gasteiger partial charge is 1.00 e. The van der Waals surface area contributed by atoms with Crippen molar-refractivity contribution >= 4 is 5.71 Å². The number of rotatable bonds is 12. The topological polar surface area (TPSA) is 39.9 Å². The van der Waals surface area contributed by atoms with Gasteiger partial charge in [0.2, 0.25) is 0 Å². The van der Waals surface area contributed by atoms with Gasteiger partial charge in [0.1, 0.15) is 33.4 Å². The summed E-state index contributed by atoms with van der Waals surface area (Å²) < 4.78 is 27.0. The van der Waals surface area contributed by atoms with E-state index < -0.39 is 0 Å². The lowest BCUT2D eigenvalue weighted by molar-refractivity contribution is -0.498. The number of benzene rings is 5. The third-order valence-electron chi connectivity index (χ3n) is 7.97. The van der Waals surface area contributed by atoms with Crippen LogP contribution in [0.25, 0.3) is 0 Å². The molecule has 0 bridgehead atoms. The fraction of sp³-hybridized carbons (Fsp3) is 0.205. The molecular formula is C39H38INO4. The van der Waals surface area contributed by atoms with Crippen LogP contribution >= 0.6 is 0 Å². The summed E-state index contributed by atoms with van der Waals surface area (Å²) in [5.41, 5.74) is 8.20. The minimum absolute atomic E-state index is 0. The maximum Gasteiger partial charge on any atom is 0.187 e. The van der Waals surface area contributed by atoms with E-state index in [1.165, 1.54) is 16.8 Å². The maximum atomic E-state index is 6.44. The molecule has 6 heteroatoms. The van der Waals surface area contributed by atoms with Gasteiger partial charge in [-0.3, -0.25) is 0 Å². The van der Waals surface area contributed by atoms with Gasteiger partial charge in [-0.2, -0.15) is 0 Å². The molecule has 0 unspecified atom stereocenters. The molecule has 0 saturated carbocycles. The van der Waals surface area contributed by atoms with E-state index in [0.717, 1.165) is 64.6 Å². The van der Waals surface area contributed by atoms with Crippen molar-refractivity contribution in [2.24, 2.45) is 0 Å². The highest BCUT2D eigenvalue weighted by molar-refractivity contribution is 6.00. The van der Waals surface area contributed by atoms with Crippen molar-refractivity contribution in [2.45, 2.75) is 32.7 Å². The van der Waals surface area contributed by atoms with E-state index in [9.17, 15) is 0 Å². The van der Waals surface area contributed by atoms with E-state index in [4.69, 9.17) is 18.9 Å². The third-order valence-corrected chi connectivity index (χ3v) is 7.97. The number of methoxy groups -OCH3 is 1. The predicted molar refractivity (Wildman–Crippen MR) is 174 cm³/mol. The molecule has 5 aromatic carbocycles. The van der Waals surface area contributed by atoms with Gasteiger partial charge in [-0.1, -0.05) is 97.1 Å². The first-order valence-corrected chi connectivity index (χ1v) is 15.1. The van der Waals surface area contributed by atoms with E-state index >= 15 is 0 Å². The Bertz CT molecular complexity index is 1720. The lowest BCUT2D eigenvalue weighted by Crippen LogP contribution is -3.00. The van der Waals surface area contributed by atoms with E-state index in [2.05, 4.69) is 72.3 Å². The van der Waals surface area contributed by atoms with Crippen LogP contribution < -0.4 is 42.9 Å². The molecule has 6 rings (SSSR count). The van der Waals surface area contributed by atoms with Crippen LogP contribution in [0, 0.1) is 0 Å². The normalized spacial score (nSPS) is 12.1. The Kier molecular flexibility index (Phi) is 11.1. The zero-order chi connectivity index (χ0) is 30.1. The summed E-state index contributed by atoms with van der Waals surface area (Å²) in [7, 11) is 3.84. The number of nitrogens with zero attached hydrogens (tertiary/aromatic N) is 1. The number of hydrogen-bond acceptors (Lipinski definition) is 4. The van der Waals surface area contributed by atoms with Gasteiger partial charge >= 0.3 is 0 Å². The highest BCUT2D eigenvalue weighted by atomic mass is 127. The van der Waals surface area contributed by atoms with Crippen LogP contribution in [0.15, 0.2) is 121 Å². The predicted octanol–water partition coefficient (Wildman–Crippen LogP) is 4.67. The Balaban J connectivity index is 0.00000400. The number of hydrogen-bond donors (Lipinski definition) is 0. The SMILES string of the molecule is COc1ccc(CC2=[N+](C)CCc3cc(OCc4ccccc4)c(OCc4ccccc4)cc32)cc1OCc1ccccc1.[I-]. The lowest BCUT2D eigenvalue weighted by Gasteiger charge is -2.21. The molecule has 0 spiro atoms. The molecule has 0 aliphatic carbocycles. The molecule has 1 aliphatic rings. The van der Waals surface area contributed by atoms with Crippen molar-refractivity contribution < 1.29 is 47.5 Å². The van der Waals surface area contributed by atoms with Crippen LogP contribution in [0.1, 0.15) is 33.4 Å². The van der Waals surface area contributed by atoms with Gasteiger partial charge in [-0.25, -0.2) is 4.58 Å². The Hall–Kier alpha value is -4.30. The first-order chi connectivity index (χ1) is 21.7. The smallest absolute Gasteiger partial charge is 0.187 e. The molecule has 5 aromatic rings. The second kappa shape index (κ2) is 15.6. The van der Waals surface area contributed by atoms with E-state index in [0.29, 0.717) is 19.8 Å². The Morgan fingerprint density at radius 2 is 1.04 bits per heavy atom. The highest BCUT2D eigenvalue weighted by Crippen LogP contribution is 2.35. The van der Waals surface area contributed by atoms with Crippen LogP contribution in [-0.4, -0.2) is 31.0 Å².